The standard InChI is InChI=1S/C18H30N4/c1-2-20-10-8-18(16-19,9-11-20)22-14-12-21(13-15-22)17-6-4-3-5-7-17/h3-7H,2,8-16,19H2,1H3/p+3. The first-order valence-electron chi connectivity index (χ1n) is 9.05. The summed E-state index contributed by atoms with van der Waals surface area (Å²) in [6, 6.07) is 10.9. The molecule has 2 fully saturated rings. The molecule has 0 amide bonds. The second-order valence-corrected chi connectivity index (χ2v) is 7.06. The van der Waals surface area contributed by atoms with Gasteiger partial charge in [0.05, 0.1) is 58.7 Å². The second kappa shape index (κ2) is 6.99. The number of rotatable bonds is 4. The Morgan fingerprint density at radius 1 is 1.05 bits per heavy atom. The summed E-state index contributed by atoms with van der Waals surface area (Å²) in [5.41, 5.74) is 6.19. The Bertz CT molecular complexity index is 445. The van der Waals surface area contributed by atoms with Gasteiger partial charge in [0.15, 0.2) is 5.54 Å². The number of anilines is 1. The van der Waals surface area contributed by atoms with Gasteiger partial charge in [-0.25, -0.2) is 0 Å². The summed E-state index contributed by atoms with van der Waals surface area (Å²) in [4.78, 5) is 6.16. The number of hydrogen-bond acceptors (Lipinski definition) is 1. The van der Waals surface area contributed by atoms with E-state index < -0.39 is 0 Å². The van der Waals surface area contributed by atoms with Crippen LogP contribution < -0.4 is 20.4 Å². The molecule has 2 heterocycles. The first-order valence-corrected chi connectivity index (χ1v) is 9.05. The molecule has 22 heavy (non-hydrogen) atoms. The fourth-order valence-electron chi connectivity index (χ4n) is 4.42. The maximum absolute atomic E-state index is 4.34. The third-order valence-electron chi connectivity index (χ3n) is 6.13. The Hall–Kier alpha value is -1.10. The van der Waals surface area contributed by atoms with E-state index in [2.05, 4.69) is 47.9 Å². The van der Waals surface area contributed by atoms with Crippen LogP contribution in [0.15, 0.2) is 30.3 Å². The monoisotopic (exact) mass is 305 g/mol. The van der Waals surface area contributed by atoms with Crippen molar-refractivity contribution >= 4 is 5.69 Å². The summed E-state index contributed by atoms with van der Waals surface area (Å²) in [5.74, 6) is 0. The normalized spacial score (nSPS) is 30.5. The number of quaternary nitrogens is 3. The number of hydrogen-bond donors (Lipinski definition) is 3. The highest BCUT2D eigenvalue weighted by atomic mass is 15.3. The van der Waals surface area contributed by atoms with E-state index in [9.17, 15) is 0 Å². The minimum atomic E-state index is 0.460. The van der Waals surface area contributed by atoms with Crippen LogP contribution in [0.1, 0.15) is 19.8 Å². The fraction of sp³-hybridized carbons (Fsp3) is 0.667. The van der Waals surface area contributed by atoms with Gasteiger partial charge in [-0.3, -0.25) is 0 Å². The zero-order valence-corrected chi connectivity index (χ0v) is 14.1. The van der Waals surface area contributed by atoms with E-state index in [4.69, 9.17) is 0 Å². The molecule has 3 rings (SSSR count). The van der Waals surface area contributed by atoms with Crippen molar-refractivity contribution in [2.45, 2.75) is 25.3 Å². The van der Waals surface area contributed by atoms with Gasteiger partial charge in [-0.05, 0) is 19.1 Å². The van der Waals surface area contributed by atoms with Gasteiger partial charge >= 0.3 is 0 Å². The number of likely N-dealkylation sites (tertiary alicyclic amines) is 1. The Morgan fingerprint density at radius 3 is 2.23 bits per heavy atom. The zero-order chi connectivity index (χ0) is 15.4. The molecular formula is C18H33N4+3. The summed E-state index contributed by atoms with van der Waals surface area (Å²) < 4.78 is 0. The van der Waals surface area contributed by atoms with E-state index in [1.54, 1.807) is 4.90 Å². The Morgan fingerprint density at radius 2 is 1.68 bits per heavy atom. The van der Waals surface area contributed by atoms with Crippen LogP contribution in [0.4, 0.5) is 5.69 Å². The molecule has 4 heteroatoms. The lowest BCUT2D eigenvalue weighted by Gasteiger charge is -2.46. The molecule has 0 bridgehead atoms. The van der Waals surface area contributed by atoms with Crippen molar-refractivity contribution in [3.05, 3.63) is 30.3 Å². The van der Waals surface area contributed by atoms with Crippen LogP contribution in [0.3, 0.4) is 0 Å². The highest BCUT2D eigenvalue weighted by Gasteiger charge is 2.46. The average molecular weight is 305 g/mol. The van der Waals surface area contributed by atoms with Gasteiger partial charge in [-0.2, -0.15) is 0 Å². The molecule has 0 spiro atoms. The van der Waals surface area contributed by atoms with Gasteiger partial charge < -0.3 is 20.4 Å². The summed E-state index contributed by atoms with van der Waals surface area (Å²) >= 11 is 0. The van der Waals surface area contributed by atoms with Crippen LogP contribution >= 0.6 is 0 Å². The van der Waals surface area contributed by atoms with Crippen LogP contribution in [0.25, 0.3) is 0 Å². The molecule has 0 aromatic heterocycles. The first-order chi connectivity index (χ1) is 10.8. The van der Waals surface area contributed by atoms with Crippen LogP contribution in [0.5, 0.6) is 0 Å². The van der Waals surface area contributed by atoms with E-state index in [0.717, 1.165) is 6.54 Å². The van der Waals surface area contributed by atoms with E-state index in [0.29, 0.717) is 5.54 Å². The molecule has 5 N–H and O–H groups in total. The molecule has 0 atom stereocenters. The largest absolute Gasteiger partial charge is 0.360 e. The van der Waals surface area contributed by atoms with Crippen LogP contribution in [0, 0.1) is 0 Å². The lowest BCUT2D eigenvalue weighted by atomic mass is 9.85. The van der Waals surface area contributed by atoms with E-state index in [1.807, 2.05) is 4.90 Å². The molecule has 2 aliphatic heterocycles. The molecule has 1 aromatic rings. The van der Waals surface area contributed by atoms with Gasteiger partial charge in [0.2, 0.25) is 0 Å². The Labute approximate surface area is 134 Å². The maximum Gasteiger partial charge on any atom is 0.158 e. The summed E-state index contributed by atoms with van der Waals surface area (Å²) in [7, 11) is 0. The number of piperidine rings is 1. The van der Waals surface area contributed by atoms with E-state index in [1.165, 1.54) is 64.3 Å². The maximum atomic E-state index is 4.34. The number of para-hydroxylation sites is 1. The number of nitrogens with zero attached hydrogens (tertiary/aromatic N) is 1. The molecule has 1 aromatic carbocycles. The molecule has 2 aliphatic rings. The van der Waals surface area contributed by atoms with E-state index in [-0.39, 0.29) is 0 Å². The first kappa shape index (κ1) is 15.8. The minimum absolute atomic E-state index is 0.460. The molecule has 0 aliphatic carbocycles. The van der Waals surface area contributed by atoms with Crippen LogP contribution in [-0.2, 0) is 0 Å². The number of piperazine rings is 1. The fourth-order valence-corrected chi connectivity index (χ4v) is 4.42. The van der Waals surface area contributed by atoms with Gasteiger partial charge in [-0.1, -0.05) is 18.2 Å². The third kappa shape index (κ3) is 3.14. The lowest BCUT2D eigenvalue weighted by Crippen LogP contribution is -3.27. The summed E-state index contributed by atoms with van der Waals surface area (Å²) in [6.07, 6.45) is 2.72. The highest BCUT2D eigenvalue weighted by Crippen LogP contribution is 2.15. The topological polar surface area (TPSA) is 39.8 Å². The molecule has 0 saturated carbocycles. The van der Waals surface area contributed by atoms with Crippen molar-refractivity contribution in [3.63, 3.8) is 0 Å². The van der Waals surface area contributed by atoms with Crippen LogP contribution in [-0.4, -0.2) is 57.9 Å². The number of benzene rings is 1. The highest BCUT2D eigenvalue weighted by molar-refractivity contribution is 5.46. The van der Waals surface area contributed by atoms with Crippen molar-refractivity contribution in [2.24, 2.45) is 0 Å². The lowest BCUT2D eigenvalue weighted by molar-refractivity contribution is -0.985. The zero-order valence-electron chi connectivity index (χ0n) is 14.1. The minimum Gasteiger partial charge on any atom is -0.360 e. The SMILES string of the molecule is CC[NH+]1CCC(C[NH3+])([NH+]2CCN(c3ccccc3)CC2)CC1. The molecule has 122 valence electrons. The van der Waals surface area contributed by atoms with Crippen molar-refractivity contribution in [3.8, 4) is 0 Å². The van der Waals surface area contributed by atoms with Crippen molar-refractivity contribution in [2.75, 3.05) is 57.3 Å². The van der Waals surface area contributed by atoms with Gasteiger partial charge in [0.1, 0.15) is 6.54 Å². The van der Waals surface area contributed by atoms with Crippen LogP contribution in [0.2, 0.25) is 0 Å². The average Bonchev–Trinajstić information content (AvgIpc) is 2.63. The number of nitrogens with one attached hydrogen (secondary N) is 2. The Balaban J connectivity index is 1.60. The molecule has 4 nitrogen and oxygen atoms in total. The molecular weight excluding hydrogens is 272 g/mol. The van der Waals surface area contributed by atoms with Gasteiger partial charge in [0, 0.05) is 5.69 Å². The van der Waals surface area contributed by atoms with Gasteiger partial charge in [-0.15, -0.1) is 0 Å². The third-order valence-corrected chi connectivity index (χ3v) is 6.13. The Kier molecular flexibility index (Phi) is 5.01. The van der Waals surface area contributed by atoms with Crippen molar-refractivity contribution in [1.82, 2.24) is 0 Å². The van der Waals surface area contributed by atoms with Crippen molar-refractivity contribution in [1.29, 1.82) is 0 Å². The van der Waals surface area contributed by atoms with Gasteiger partial charge in [0.25, 0.3) is 0 Å². The summed E-state index contributed by atoms with van der Waals surface area (Å²) in [6.45, 7) is 12.3. The smallest absolute Gasteiger partial charge is 0.158 e. The van der Waals surface area contributed by atoms with E-state index >= 15 is 0 Å². The predicted octanol–water partition coefficient (Wildman–Crippen LogP) is -1.93. The van der Waals surface area contributed by atoms with Crippen molar-refractivity contribution < 1.29 is 15.5 Å². The molecule has 0 radical (unpaired) electrons. The molecule has 2 saturated heterocycles. The quantitative estimate of drug-likeness (QED) is 0.596. The molecule has 0 unspecified atom stereocenters. The summed E-state index contributed by atoms with van der Waals surface area (Å²) in [5, 5.41) is 0. The second-order valence-electron chi connectivity index (χ2n) is 7.06. The predicted molar refractivity (Wildman–Crippen MR) is 90.3 cm³/mol.